The van der Waals surface area contributed by atoms with E-state index >= 15 is 0 Å². The fourth-order valence-electron chi connectivity index (χ4n) is 1.57. The minimum atomic E-state index is 0.465. The lowest BCUT2D eigenvalue weighted by atomic mass is 10.1. The molecule has 1 rings (SSSR count). The summed E-state index contributed by atoms with van der Waals surface area (Å²) in [5, 5.41) is 3.45. The normalized spacial score (nSPS) is 13.3. The number of benzene rings is 1. The van der Waals surface area contributed by atoms with Crippen molar-refractivity contribution < 1.29 is 0 Å². The van der Waals surface area contributed by atoms with Crippen LogP contribution in [0.25, 0.3) is 0 Å². The Morgan fingerprint density at radius 1 is 1.29 bits per heavy atom. The fraction of sp³-hybridized carbons (Fsp3) is 0.385. The Hall–Kier alpha value is -1.08. The summed E-state index contributed by atoms with van der Waals surface area (Å²) in [6, 6.07) is 11.1. The Bertz CT molecular complexity index is 264. The number of rotatable bonds is 5. The summed E-state index contributed by atoms with van der Waals surface area (Å²) in [6.07, 6.45) is 5.39. The second kappa shape index (κ2) is 6.39. The molecule has 1 aromatic carbocycles. The van der Waals surface area contributed by atoms with Crippen molar-refractivity contribution in [2.24, 2.45) is 0 Å². The zero-order valence-corrected chi connectivity index (χ0v) is 9.03. The van der Waals surface area contributed by atoms with Crippen LogP contribution in [-0.4, -0.2) is 12.6 Å². The summed E-state index contributed by atoms with van der Waals surface area (Å²) in [5.74, 6) is 0. The van der Waals surface area contributed by atoms with Crippen LogP contribution in [0.4, 0.5) is 0 Å². The Labute approximate surface area is 86.8 Å². The lowest BCUT2D eigenvalue weighted by Gasteiger charge is -2.13. The van der Waals surface area contributed by atoms with Gasteiger partial charge in [0.15, 0.2) is 0 Å². The third-order valence-electron chi connectivity index (χ3n) is 2.19. The maximum Gasteiger partial charge on any atom is 0.0290 e. The lowest BCUT2D eigenvalue weighted by molar-refractivity contribution is 0.612. The van der Waals surface area contributed by atoms with Gasteiger partial charge >= 0.3 is 0 Å². The van der Waals surface area contributed by atoms with Crippen LogP contribution in [0.5, 0.6) is 0 Å². The lowest BCUT2D eigenvalue weighted by Crippen LogP contribution is -2.28. The molecule has 0 spiro atoms. The highest BCUT2D eigenvalue weighted by Gasteiger charge is 2.02. The number of hydrogen-bond acceptors (Lipinski definition) is 1. The van der Waals surface area contributed by atoms with Gasteiger partial charge in [-0.1, -0.05) is 49.4 Å². The smallest absolute Gasteiger partial charge is 0.0290 e. The van der Waals surface area contributed by atoms with Gasteiger partial charge in [-0.15, -0.1) is 0 Å². The first-order valence-electron chi connectivity index (χ1n) is 5.27. The second-order valence-electron chi connectivity index (χ2n) is 3.38. The van der Waals surface area contributed by atoms with E-state index in [2.05, 4.69) is 61.6 Å². The van der Waals surface area contributed by atoms with Gasteiger partial charge in [0.05, 0.1) is 0 Å². The molecule has 0 amide bonds. The monoisotopic (exact) mass is 189 g/mol. The van der Waals surface area contributed by atoms with Crippen molar-refractivity contribution in [1.29, 1.82) is 0 Å². The molecular formula is C13H19N. The third kappa shape index (κ3) is 3.75. The highest BCUT2D eigenvalue weighted by atomic mass is 14.9. The van der Waals surface area contributed by atoms with Crippen molar-refractivity contribution >= 4 is 0 Å². The first kappa shape index (κ1) is 11.0. The second-order valence-corrected chi connectivity index (χ2v) is 3.38. The highest BCUT2D eigenvalue weighted by molar-refractivity contribution is 5.17. The molecule has 1 heteroatoms. The summed E-state index contributed by atoms with van der Waals surface area (Å²) in [6.45, 7) is 5.22. The van der Waals surface area contributed by atoms with Crippen molar-refractivity contribution in [2.45, 2.75) is 26.3 Å². The van der Waals surface area contributed by atoms with Crippen molar-refractivity contribution in [3.63, 3.8) is 0 Å². The Morgan fingerprint density at radius 2 is 2.00 bits per heavy atom. The standard InChI is InChI=1S/C13H19N/c1-3-8-13(14-4-2)11-12-9-6-5-7-10-12/h3,5-10,13-14H,4,11H2,1-2H3/b8-3+. The van der Waals surface area contributed by atoms with Crippen molar-refractivity contribution in [3.05, 3.63) is 48.0 Å². The molecule has 0 saturated carbocycles. The summed E-state index contributed by atoms with van der Waals surface area (Å²) >= 11 is 0. The molecule has 0 aliphatic carbocycles. The summed E-state index contributed by atoms with van der Waals surface area (Å²) in [7, 11) is 0. The van der Waals surface area contributed by atoms with E-state index in [1.165, 1.54) is 5.56 Å². The maximum atomic E-state index is 3.45. The maximum absolute atomic E-state index is 3.45. The molecule has 0 radical (unpaired) electrons. The SMILES string of the molecule is C/C=C/C(Cc1ccccc1)NCC. The molecule has 0 fully saturated rings. The predicted molar refractivity (Wildman–Crippen MR) is 62.4 cm³/mol. The van der Waals surface area contributed by atoms with Gasteiger partial charge < -0.3 is 5.32 Å². The molecule has 0 aliphatic rings. The fourth-order valence-corrected chi connectivity index (χ4v) is 1.57. The molecule has 0 aliphatic heterocycles. The largest absolute Gasteiger partial charge is 0.310 e. The molecule has 1 aromatic rings. The average molecular weight is 189 g/mol. The van der Waals surface area contributed by atoms with Crippen LogP contribution in [0.3, 0.4) is 0 Å². The molecule has 1 unspecified atom stereocenters. The topological polar surface area (TPSA) is 12.0 Å². The van der Waals surface area contributed by atoms with Crippen LogP contribution in [-0.2, 0) is 6.42 Å². The van der Waals surface area contributed by atoms with Crippen LogP contribution >= 0.6 is 0 Å². The average Bonchev–Trinajstić information content (AvgIpc) is 2.20. The van der Waals surface area contributed by atoms with Crippen molar-refractivity contribution in [2.75, 3.05) is 6.54 Å². The third-order valence-corrected chi connectivity index (χ3v) is 2.19. The van der Waals surface area contributed by atoms with E-state index in [1.54, 1.807) is 0 Å². The van der Waals surface area contributed by atoms with E-state index in [4.69, 9.17) is 0 Å². The van der Waals surface area contributed by atoms with E-state index in [0.717, 1.165) is 13.0 Å². The minimum Gasteiger partial charge on any atom is -0.310 e. The first-order chi connectivity index (χ1) is 6.86. The van der Waals surface area contributed by atoms with Gasteiger partial charge in [0.25, 0.3) is 0 Å². The van der Waals surface area contributed by atoms with Gasteiger partial charge in [-0.3, -0.25) is 0 Å². The molecule has 0 saturated heterocycles. The number of allylic oxidation sites excluding steroid dienone is 1. The van der Waals surface area contributed by atoms with Crippen LogP contribution in [0.2, 0.25) is 0 Å². The number of hydrogen-bond donors (Lipinski definition) is 1. The first-order valence-corrected chi connectivity index (χ1v) is 5.27. The van der Waals surface area contributed by atoms with E-state index < -0.39 is 0 Å². The molecule has 0 heterocycles. The molecule has 0 bridgehead atoms. The summed E-state index contributed by atoms with van der Waals surface area (Å²) in [5.41, 5.74) is 1.39. The van der Waals surface area contributed by atoms with Gasteiger partial charge in [-0.25, -0.2) is 0 Å². The van der Waals surface area contributed by atoms with Gasteiger partial charge in [0.1, 0.15) is 0 Å². The molecule has 1 atom stereocenters. The number of likely N-dealkylation sites (N-methyl/N-ethyl adjacent to an activating group) is 1. The zero-order chi connectivity index (χ0) is 10.2. The van der Waals surface area contributed by atoms with Crippen LogP contribution in [0.15, 0.2) is 42.5 Å². The Morgan fingerprint density at radius 3 is 2.57 bits per heavy atom. The van der Waals surface area contributed by atoms with Gasteiger partial charge in [-0.2, -0.15) is 0 Å². The van der Waals surface area contributed by atoms with Gasteiger partial charge in [0.2, 0.25) is 0 Å². The van der Waals surface area contributed by atoms with E-state index in [-0.39, 0.29) is 0 Å². The summed E-state index contributed by atoms with van der Waals surface area (Å²) < 4.78 is 0. The molecule has 1 nitrogen and oxygen atoms in total. The quantitative estimate of drug-likeness (QED) is 0.702. The van der Waals surface area contributed by atoms with Gasteiger partial charge in [0, 0.05) is 6.04 Å². The Kier molecular flexibility index (Phi) is 5.02. The summed E-state index contributed by atoms with van der Waals surface area (Å²) in [4.78, 5) is 0. The van der Waals surface area contributed by atoms with Crippen molar-refractivity contribution in [3.8, 4) is 0 Å². The molecular weight excluding hydrogens is 170 g/mol. The zero-order valence-electron chi connectivity index (χ0n) is 9.03. The van der Waals surface area contributed by atoms with Crippen LogP contribution in [0, 0.1) is 0 Å². The molecule has 1 N–H and O–H groups in total. The van der Waals surface area contributed by atoms with Crippen LogP contribution in [0.1, 0.15) is 19.4 Å². The van der Waals surface area contributed by atoms with Gasteiger partial charge in [-0.05, 0) is 25.5 Å². The highest BCUT2D eigenvalue weighted by Crippen LogP contribution is 2.03. The minimum absolute atomic E-state index is 0.465. The van der Waals surface area contributed by atoms with Crippen LogP contribution < -0.4 is 5.32 Å². The van der Waals surface area contributed by atoms with E-state index in [0.29, 0.717) is 6.04 Å². The van der Waals surface area contributed by atoms with E-state index in [9.17, 15) is 0 Å². The van der Waals surface area contributed by atoms with Crippen molar-refractivity contribution in [1.82, 2.24) is 5.32 Å². The number of nitrogens with one attached hydrogen (secondary N) is 1. The van der Waals surface area contributed by atoms with E-state index in [1.807, 2.05) is 0 Å². The Balaban J connectivity index is 2.55. The molecule has 14 heavy (non-hydrogen) atoms. The predicted octanol–water partition coefficient (Wildman–Crippen LogP) is 2.78. The molecule has 0 aromatic heterocycles. The molecule has 76 valence electrons.